The number of ether oxygens (including phenoxy) is 1. The van der Waals surface area contributed by atoms with Crippen LogP contribution in [0.15, 0.2) is 48.5 Å². The number of carbonyl (C=O) groups is 2. The van der Waals surface area contributed by atoms with Gasteiger partial charge in [0, 0.05) is 18.2 Å². The van der Waals surface area contributed by atoms with E-state index in [9.17, 15) is 14.0 Å². The molecule has 1 N–H and O–H groups in total. The van der Waals surface area contributed by atoms with Crippen LogP contribution in [-0.4, -0.2) is 30.2 Å². The lowest BCUT2D eigenvalue weighted by Gasteiger charge is -2.32. The van der Waals surface area contributed by atoms with E-state index in [4.69, 9.17) is 14.0 Å². The van der Waals surface area contributed by atoms with Gasteiger partial charge < -0.3 is 19.4 Å². The van der Waals surface area contributed by atoms with Crippen LogP contribution in [0.3, 0.4) is 0 Å². The number of hydrogen-bond donors (Lipinski definition) is 1. The fourth-order valence-corrected chi connectivity index (χ4v) is 3.02. The first-order valence-corrected chi connectivity index (χ1v) is 9.68. The van der Waals surface area contributed by atoms with Crippen LogP contribution in [-0.2, 0) is 23.6 Å². The van der Waals surface area contributed by atoms with E-state index in [0.717, 1.165) is 11.5 Å². The Morgan fingerprint density at radius 1 is 1.03 bits per heavy atom. The number of hydrogen-bond acceptors (Lipinski definition) is 5. The van der Waals surface area contributed by atoms with Gasteiger partial charge in [0.05, 0.1) is 11.2 Å². The van der Waals surface area contributed by atoms with E-state index in [1.807, 2.05) is 27.7 Å². The minimum Gasteiger partial charge on any atom is -0.447 e. The Labute approximate surface area is 175 Å². The highest BCUT2D eigenvalue weighted by Crippen LogP contribution is 2.36. The molecule has 6 nitrogen and oxygen atoms in total. The molecule has 0 saturated carbocycles. The summed E-state index contributed by atoms with van der Waals surface area (Å²) in [5, 5.41) is 2.70. The zero-order chi connectivity index (χ0) is 22.1. The first-order chi connectivity index (χ1) is 14.0. The molecule has 1 amide bonds. The van der Waals surface area contributed by atoms with Gasteiger partial charge in [0.15, 0.2) is 0 Å². The number of benzene rings is 2. The average Bonchev–Trinajstić information content (AvgIpc) is 2.87. The molecule has 1 heterocycles. The number of anilines is 1. The summed E-state index contributed by atoms with van der Waals surface area (Å²) >= 11 is 0. The van der Waals surface area contributed by atoms with Gasteiger partial charge in [-0.25, -0.2) is 4.39 Å². The lowest BCUT2D eigenvalue weighted by atomic mass is 9.79. The molecule has 8 heteroatoms. The summed E-state index contributed by atoms with van der Waals surface area (Å²) in [5.41, 5.74) is 0.651. The Hall–Kier alpha value is -2.71. The molecular formula is C22H25BFNO5. The summed E-state index contributed by atoms with van der Waals surface area (Å²) in [7, 11) is -0.513. The molecule has 1 aliphatic heterocycles. The van der Waals surface area contributed by atoms with Crippen molar-refractivity contribution in [2.24, 2.45) is 0 Å². The van der Waals surface area contributed by atoms with E-state index in [2.05, 4.69) is 5.32 Å². The van der Waals surface area contributed by atoms with Gasteiger partial charge in [-0.2, -0.15) is 0 Å². The zero-order valence-corrected chi connectivity index (χ0v) is 17.7. The van der Waals surface area contributed by atoms with E-state index in [-0.39, 0.29) is 5.56 Å². The van der Waals surface area contributed by atoms with Gasteiger partial charge in [0.25, 0.3) is 5.91 Å². The minimum atomic E-state index is -1.26. The van der Waals surface area contributed by atoms with Crippen molar-refractivity contribution in [1.29, 1.82) is 0 Å². The maximum Gasteiger partial charge on any atom is 0.494 e. The molecule has 2 aromatic rings. The number of amides is 1. The fraction of sp³-hybridized carbons (Fsp3) is 0.364. The molecule has 158 valence electrons. The molecule has 1 fully saturated rings. The van der Waals surface area contributed by atoms with E-state index in [0.29, 0.717) is 5.69 Å². The molecule has 0 spiro atoms. The maximum absolute atomic E-state index is 13.6. The van der Waals surface area contributed by atoms with Crippen LogP contribution >= 0.6 is 0 Å². The predicted molar refractivity (Wildman–Crippen MR) is 112 cm³/mol. The lowest BCUT2D eigenvalue weighted by molar-refractivity contribution is -0.152. The second-order valence-electron chi connectivity index (χ2n) is 8.24. The first-order valence-electron chi connectivity index (χ1n) is 9.68. The van der Waals surface area contributed by atoms with Crippen molar-refractivity contribution >= 4 is 30.1 Å². The topological polar surface area (TPSA) is 73.9 Å². The SMILES string of the molecule is CC(=O)OC(C(=O)Nc1ccc(B2OC(C)(C)C(C)(C)O2)cc1)c1cccc(F)c1. The third-order valence-electron chi connectivity index (χ3n) is 5.38. The van der Waals surface area contributed by atoms with Crippen LogP contribution in [0, 0.1) is 5.82 Å². The normalized spacial score (nSPS) is 18.0. The van der Waals surface area contributed by atoms with Crippen LogP contribution < -0.4 is 10.8 Å². The largest absolute Gasteiger partial charge is 0.494 e. The fourth-order valence-electron chi connectivity index (χ4n) is 3.02. The Balaban J connectivity index is 1.73. The Kier molecular flexibility index (Phi) is 6.01. The average molecular weight is 413 g/mol. The molecular weight excluding hydrogens is 388 g/mol. The van der Waals surface area contributed by atoms with Crippen molar-refractivity contribution in [3.8, 4) is 0 Å². The third kappa shape index (κ3) is 4.71. The van der Waals surface area contributed by atoms with Gasteiger partial charge in [0.1, 0.15) is 5.82 Å². The molecule has 3 rings (SSSR count). The van der Waals surface area contributed by atoms with Gasteiger partial charge >= 0.3 is 13.1 Å². The van der Waals surface area contributed by atoms with Crippen molar-refractivity contribution in [3.05, 3.63) is 59.9 Å². The Bertz CT molecular complexity index is 929. The van der Waals surface area contributed by atoms with Gasteiger partial charge in [-0.3, -0.25) is 9.59 Å². The van der Waals surface area contributed by atoms with Crippen LogP contribution in [0.1, 0.15) is 46.3 Å². The number of carbonyl (C=O) groups excluding carboxylic acids is 2. The summed E-state index contributed by atoms with van der Waals surface area (Å²) < 4.78 is 30.7. The van der Waals surface area contributed by atoms with E-state index < -0.39 is 42.1 Å². The molecule has 1 aliphatic rings. The van der Waals surface area contributed by atoms with Gasteiger partial charge in [-0.1, -0.05) is 24.3 Å². The van der Waals surface area contributed by atoms with Crippen molar-refractivity contribution in [2.75, 3.05) is 5.32 Å². The molecule has 0 aromatic heterocycles. The quantitative estimate of drug-likeness (QED) is 0.601. The Morgan fingerprint density at radius 2 is 1.63 bits per heavy atom. The molecule has 30 heavy (non-hydrogen) atoms. The highest BCUT2D eigenvalue weighted by Gasteiger charge is 2.51. The molecule has 0 radical (unpaired) electrons. The highest BCUT2D eigenvalue weighted by molar-refractivity contribution is 6.62. The second-order valence-corrected chi connectivity index (χ2v) is 8.24. The number of esters is 1. The van der Waals surface area contributed by atoms with Crippen molar-refractivity contribution < 1.29 is 28.0 Å². The molecule has 1 saturated heterocycles. The molecule has 1 atom stereocenters. The number of halogens is 1. The van der Waals surface area contributed by atoms with Gasteiger partial charge in [0.2, 0.25) is 6.10 Å². The molecule has 0 bridgehead atoms. The zero-order valence-electron chi connectivity index (χ0n) is 17.7. The number of rotatable bonds is 5. The van der Waals surface area contributed by atoms with Gasteiger partial charge in [-0.15, -0.1) is 0 Å². The summed E-state index contributed by atoms with van der Waals surface area (Å²) in [6.07, 6.45) is -1.26. The molecule has 2 aromatic carbocycles. The van der Waals surface area contributed by atoms with Crippen LogP contribution in [0.5, 0.6) is 0 Å². The molecule has 1 unspecified atom stereocenters. The summed E-state index contributed by atoms with van der Waals surface area (Å²) in [4.78, 5) is 24.2. The second kappa shape index (κ2) is 8.20. The highest BCUT2D eigenvalue weighted by atomic mass is 19.1. The van der Waals surface area contributed by atoms with Crippen LogP contribution in [0.25, 0.3) is 0 Å². The smallest absolute Gasteiger partial charge is 0.447 e. The Morgan fingerprint density at radius 3 is 2.17 bits per heavy atom. The van der Waals surface area contributed by atoms with Crippen molar-refractivity contribution in [1.82, 2.24) is 0 Å². The standard InChI is InChI=1S/C22H25BFNO5/c1-14(26)28-19(15-7-6-8-17(24)13-15)20(27)25-18-11-9-16(10-12-18)23-29-21(2,3)22(4,5)30-23/h6-13,19H,1-5H3,(H,25,27). The van der Waals surface area contributed by atoms with E-state index in [1.165, 1.54) is 25.1 Å². The first kappa shape index (κ1) is 22.0. The lowest BCUT2D eigenvalue weighted by Crippen LogP contribution is -2.41. The van der Waals surface area contributed by atoms with Crippen molar-refractivity contribution in [3.63, 3.8) is 0 Å². The number of nitrogens with one attached hydrogen (secondary N) is 1. The summed E-state index contributed by atoms with van der Waals surface area (Å²) in [6, 6.07) is 12.4. The minimum absolute atomic E-state index is 0.247. The summed E-state index contributed by atoms with van der Waals surface area (Å²) in [5.74, 6) is -1.75. The van der Waals surface area contributed by atoms with Crippen LogP contribution in [0.2, 0.25) is 0 Å². The maximum atomic E-state index is 13.6. The van der Waals surface area contributed by atoms with E-state index in [1.54, 1.807) is 24.3 Å². The summed E-state index contributed by atoms with van der Waals surface area (Å²) in [6.45, 7) is 9.09. The van der Waals surface area contributed by atoms with Crippen molar-refractivity contribution in [2.45, 2.75) is 51.9 Å². The third-order valence-corrected chi connectivity index (χ3v) is 5.38. The van der Waals surface area contributed by atoms with Gasteiger partial charge in [-0.05, 0) is 57.4 Å². The molecule has 0 aliphatic carbocycles. The monoisotopic (exact) mass is 413 g/mol. The van der Waals surface area contributed by atoms with Crippen LogP contribution in [0.4, 0.5) is 10.1 Å². The predicted octanol–water partition coefficient (Wildman–Crippen LogP) is 3.37. The van der Waals surface area contributed by atoms with E-state index >= 15 is 0 Å².